The standard InChI is InChI=1S/C17H27N5OS/c1-12-14(24-11-18-12)10-21(5)8-13-6-7-22(9-13)16-19-15(23-20-16)17(2,3)4/h11,13H,6-10H2,1-5H3/t13-/m0/s1. The number of rotatable bonds is 5. The van der Waals surface area contributed by atoms with Gasteiger partial charge in [-0.3, -0.25) is 0 Å². The van der Waals surface area contributed by atoms with Crippen LogP contribution in [-0.4, -0.2) is 46.7 Å². The number of aryl methyl sites for hydroxylation is 1. The minimum atomic E-state index is -0.100. The highest BCUT2D eigenvalue weighted by Crippen LogP contribution is 2.26. The highest BCUT2D eigenvalue weighted by atomic mass is 32.1. The Balaban J connectivity index is 1.53. The smallest absolute Gasteiger partial charge is 0.266 e. The van der Waals surface area contributed by atoms with Gasteiger partial charge in [0.05, 0.1) is 11.2 Å². The molecule has 2 aromatic heterocycles. The first-order valence-electron chi connectivity index (χ1n) is 8.49. The summed E-state index contributed by atoms with van der Waals surface area (Å²) >= 11 is 1.74. The van der Waals surface area contributed by atoms with E-state index in [0.29, 0.717) is 11.8 Å². The molecule has 0 aliphatic carbocycles. The second-order valence-electron chi connectivity index (χ2n) is 7.81. The first kappa shape index (κ1) is 17.4. The zero-order valence-corrected chi connectivity index (χ0v) is 16.1. The van der Waals surface area contributed by atoms with Crippen molar-refractivity contribution in [3.8, 4) is 0 Å². The molecule has 1 fully saturated rings. The summed E-state index contributed by atoms with van der Waals surface area (Å²) in [6, 6.07) is 0. The predicted octanol–water partition coefficient (Wildman–Crippen LogP) is 3.09. The molecule has 0 bridgehead atoms. The Kier molecular flexibility index (Phi) is 4.92. The Hall–Kier alpha value is -1.47. The third-order valence-electron chi connectivity index (χ3n) is 4.45. The zero-order valence-electron chi connectivity index (χ0n) is 15.2. The van der Waals surface area contributed by atoms with Gasteiger partial charge in [-0.15, -0.1) is 11.3 Å². The molecule has 1 aliphatic rings. The summed E-state index contributed by atoms with van der Waals surface area (Å²) < 4.78 is 5.42. The monoisotopic (exact) mass is 349 g/mol. The Morgan fingerprint density at radius 1 is 1.42 bits per heavy atom. The Labute approximate surface area is 147 Å². The van der Waals surface area contributed by atoms with Gasteiger partial charge >= 0.3 is 0 Å². The van der Waals surface area contributed by atoms with Crippen LogP contribution in [0.15, 0.2) is 10.0 Å². The molecule has 0 spiro atoms. The Morgan fingerprint density at radius 3 is 2.83 bits per heavy atom. The molecule has 7 heteroatoms. The molecular formula is C17H27N5OS. The van der Waals surface area contributed by atoms with E-state index in [2.05, 4.69) is 59.7 Å². The van der Waals surface area contributed by atoms with Crippen LogP contribution in [0.5, 0.6) is 0 Å². The van der Waals surface area contributed by atoms with Crippen LogP contribution in [0.4, 0.5) is 5.95 Å². The van der Waals surface area contributed by atoms with E-state index in [0.717, 1.165) is 37.8 Å². The molecule has 3 heterocycles. The van der Waals surface area contributed by atoms with Gasteiger partial charge in [-0.05, 0) is 31.5 Å². The Morgan fingerprint density at radius 2 is 2.21 bits per heavy atom. The molecule has 1 atom stereocenters. The fourth-order valence-electron chi connectivity index (χ4n) is 3.04. The van der Waals surface area contributed by atoms with Gasteiger partial charge in [0.25, 0.3) is 5.95 Å². The van der Waals surface area contributed by atoms with Crippen molar-refractivity contribution in [2.45, 2.75) is 46.1 Å². The van der Waals surface area contributed by atoms with Crippen molar-refractivity contribution >= 4 is 17.3 Å². The van der Waals surface area contributed by atoms with Crippen molar-refractivity contribution in [1.29, 1.82) is 0 Å². The van der Waals surface area contributed by atoms with Crippen molar-refractivity contribution in [2.75, 3.05) is 31.6 Å². The summed E-state index contributed by atoms with van der Waals surface area (Å²) in [6.45, 7) is 12.4. The SMILES string of the molecule is Cc1ncsc1CN(C)C[C@@H]1CCN(c2noc(C(C)(C)C)n2)C1. The van der Waals surface area contributed by atoms with Gasteiger partial charge in [0.2, 0.25) is 5.89 Å². The first-order chi connectivity index (χ1) is 11.3. The normalized spacial score (nSPS) is 18.8. The van der Waals surface area contributed by atoms with E-state index in [1.165, 1.54) is 11.3 Å². The maximum atomic E-state index is 5.42. The lowest BCUT2D eigenvalue weighted by Gasteiger charge is -2.20. The van der Waals surface area contributed by atoms with Crippen molar-refractivity contribution in [1.82, 2.24) is 20.0 Å². The summed E-state index contributed by atoms with van der Waals surface area (Å²) in [7, 11) is 2.19. The van der Waals surface area contributed by atoms with Crippen molar-refractivity contribution in [3.63, 3.8) is 0 Å². The van der Waals surface area contributed by atoms with Crippen LogP contribution in [-0.2, 0) is 12.0 Å². The van der Waals surface area contributed by atoms with Crippen molar-refractivity contribution in [2.24, 2.45) is 5.92 Å². The number of hydrogen-bond acceptors (Lipinski definition) is 7. The lowest BCUT2D eigenvalue weighted by molar-refractivity contribution is 0.281. The molecule has 2 aromatic rings. The molecule has 3 rings (SSSR count). The highest BCUT2D eigenvalue weighted by molar-refractivity contribution is 7.09. The van der Waals surface area contributed by atoms with E-state index < -0.39 is 0 Å². The van der Waals surface area contributed by atoms with Gasteiger partial charge < -0.3 is 14.3 Å². The molecule has 0 N–H and O–H groups in total. The fourth-order valence-corrected chi connectivity index (χ4v) is 3.90. The first-order valence-corrected chi connectivity index (χ1v) is 9.37. The molecule has 0 unspecified atom stereocenters. The van der Waals surface area contributed by atoms with Gasteiger partial charge in [-0.25, -0.2) is 4.98 Å². The van der Waals surface area contributed by atoms with E-state index in [1.807, 2.05) is 5.51 Å². The summed E-state index contributed by atoms with van der Waals surface area (Å²) in [5, 5.41) is 4.17. The molecule has 1 saturated heterocycles. The van der Waals surface area contributed by atoms with Crippen LogP contribution >= 0.6 is 11.3 Å². The molecule has 0 saturated carbocycles. The third-order valence-corrected chi connectivity index (χ3v) is 5.37. The van der Waals surface area contributed by atoms with E-state index in [-0.39, 0.29) is 5.41 Å². The van der Waals surface area contributed by atoms with Gasteiger partial charge in [0, 0.05) is 36.5 Å². The van der Waals surface area contributed by atoms with Crippen LogP contribution < -0.4 is 4.90 Å². The quantitative estimate of drug-likeness (QED) is 0.827. The number of hydrogen-bond donors (Lipinski definition) is 0. The summed E-state index contributed by atoms with van der Waals surface area (Å²) in [4.78, 5) is 14.9. The summed E-state index contributed by atoms with van der Waals surface area (Å²) in [5.74, 6) is 2.09. The van der Waals surface area contributed by atoms with Crippen LogP contribution in [0.2, 0.25) is 0 Å². The largest absolute Gasteiger partial charge is 0.338 e. The second-order valence-corrected chi connectivity index (χ2v) is 8.75. The van der Waals surface area contributed by atoms with E-state index >= 15 is 0 Å². The van der Waals surface area contributed by atoms with E-state index in [4.69, 9.17) is 4.52 Å². The molecule has 0 radical (unpaired) electrons. The molecule has 6 nitrogen and oxygen atoms in total. The third kappa shape index (κ3) is 3.95. The lowest BCUT2D eigenvalue weighted by atomic mass is 9.97. The maximum Gasteiger partial charge on any atom is 0.266 e. The molecule has 0 amide bonds. The van der Waals surface area contributed by atoms with Crippen LogP contribution in [0, 0.1) is 12.8 Å². The predicted molar refractivity (Wildman–Crippen MR) is 96.5 cm³/mol. The number of aromatic nitrogens is 3. The van der Waals surface area contributed by atoms with Gasteiger partial charge in [0.1, 0.15) is 0 Å². The van der Waals surface area contributed by atoms with Gasteiger partial charge in [-0.1, -0.05) is 20.8 Å². The van der Waals surface area contributed by atoms with Crippen LogP contribution in [0.25, 0.3) is 0 Å². The fraction of sp³-hybridized carbons (Fsp3) is 0.706. The second kappa shape index (κ2) is 6.80. The topological polar surface area (TPSA) is 58.3 Å². The maximum absolute atomic E-state index is 5.42. The lowest BCUT2D eigenvalue weighted by Crippen LogP contribution is -2.28. The molecule has 132 valence electrons. The average Bonchev–Trinajstić information content (AvgIpc) is 3.19. The number of anilines is 1. The summed E-state index contributed by atoms with van der Waals surface area (Å²) in [5.41, 5.74) is 2.98. The van der Waals surface area contributed by atoms with Crippen LogP contribution in [0.3, 0.4) is 0 Å². The Bertz CT molecular complexity index is 675. The van der Waals surface area contributed by atoms with E-state index in [9.17, 15) is 0 Å². The number of thiazole rings is 1. The van der Waals surface area contributed by atoms with E-state index in [1.54, 1.807) is 11.3 Å². The minimum absolute atomic E-state index is 0.100. The molecule has 24 heavy (non-hydrogen) atoms. The molecular weight excluding hydrogens is 322 g/mol. The van der Waals surface area contributed by atoms with Gasteiger partial charge in [-0.2, -0.15) is 4.98 Å². The molecule has 0 aromatic carbocycles. The minimum Gasteiger partial charge on any atom is -0.338 e. The average molecular weight is 350 g/mol. The van der Waals surface area contributed by atoms with Crippen molar-refractivity contribution < 1.29 is 4.52 Å². The molecule has 1 aliphatic heterocycles. The zero-order chi connectivity index (χ0) is 17.3. The van der Waals surface area contributed by atoms with Gasteiger partial charge in [0.15, 0.2) is 0 Å². The summed E-state index contributed by atoms with van der Waals surface area (Å²) in [6.07, 6.45) is 1.17. The van der Waals surface area contributed by atoms with Crippen molar-refractivity contribution in [3.05, 3.63) is 22.0 Å². The van der Waals surface area contributed by atoms with Crippen LogP contribution in [0.1, 0.15) is 43.7 Å². The number of nitrogens with zero attached hydrogens (tertiary/aromatic N) is 5. The highest BCUT2D eigenvalue weighted by Gasteiger charge is 2.29.